The van der Waals surface area contributed by atoms with Crippen LogP contribution in [0.15, 0.2) is 0 Å². The van der Waals surface area contributed by atoms with E-state index in [9.17, 15) is 57.4 Å². The van der Waals surface area contributed by atoms with Crippen molar-refractivity contribution in [2.45, 2.75) is 0 Å². The van der Waals surface area contributed by atoms with Crippen LogP contribution in [0.25, 0.3) is 0 Å². The van der Waals surface area contributed by atoms with Crippen molar-refractivity contribution in [2.24, 2.45) is 0 Å². The molecule has 0 radical (unpaired) electrons. The zero-order chi connectivity index (χ0) is 24.8. The van der Waals surface area contributed by atoms with E-state index in [1.807, 2.05) is 0 Å². The Morgan fingerprint density at radius 1 is 0.400 bits per heavy atom. The summed E-state index contributed by atoms with van der Waals surface area (Å²) in [4.78, 5) is 87.0. The van der Waals surface area contributed by atoms with Crippen LogP contribution in [0.2, 0.25) is 0 Å². The molecule has 0 aromatic heterocycles. The van der Waals surface area contributed by atoms with Crippen molar-refractivity contribution in [3.05, 3.63) is 0 Å². The Labute approximate surface area is 250 Å². The minimum Gasteiger partial charge on any atom is -0.778 e. The summed E-state index contributed by atoms with van der Waals surface area (Å²) in [6.45, 7) is -0.819. The standard InChI is InChI=1S/C12H32N4O12P4.2Ni.6H2O/c17-29(18,19)9-13-1-2-14(10-30(20,21)22)5-6-16(12-32(26,27)28)8-7-15(4-3-13)11-31(23,24)25;;;;;;;;/h1-12H2,(H2,17,18,19)(H2,20,21,22)(H2,23,24,25)(H2,26,27,28);;;6*1H2/q;2*+2;;;;;;/p+2. The van der Waals surface area contributed by atoms with Crippen molar-refractivity contribution in [3.63, 3.8) is 0 Å². The van der Waals surface area contributed by atoms with Gasteiger partial charge in [-0.25, -0.2) is 0 Å². The molecule has 0 aromatic carbocycles. The zero-order valence-electron chi connectivity index (χ0n) is 21.2. The number of nitrogens with zero attached hydrogens (tertiary/aromatic N) is 4. The minimum absolute atomic E-state index is 0. The Balaban J connectivity index is -0.000000213. The fourth-order valence-electron chi connectivity index (χ4n) is 3.16. The van der Waals surface area contributed by atoms with E-state index < -0.39 is 55.5 Å². The average molecular weight is 776 g/mol. The molecule has 22 N–H and O–H groups in total. The Morgan fingerprint density at radius 2 is 0.500 bits per heavy atom. The molecule has 0 saturated carbocycles. The van der Waals surface area contributed by atoms with Crippen LogP contribution >= 0.6 is 30.4 Å². The Morgan fingerprint density at radius 3 is 0.575 bits per heavy atom. The molecule has 0 bridgehead atoms. The zero-order valence-corrected chi connectivity index (χ0v) is 26.8. The molecule has 1 heterocycles. The van der Waals surface area contributed by atoms with E-state index in [0.717, 1.165) is 0 Å². The first kappa shape index (κ1) is 60.4. The van der Waals surface area contributed by atoms with Crippen molar-refractivity contribution in [1.82, 2.24) is 19.6 Å². The van der Waals surface area contributed by atoms with Gasteiger partial charge in [-0.3, -0.25) is 19.6 Å². The van der Waals surface area contributed by atoms with E-state index in [0.29, 0.717) is 0 Å². The molecule has 0 aromatic rings. The summed E-state index contributed by atoms with van der Waals surface area (Å²) < 4.78 is 45.3. The van der Waals surface area contributed by atoms with E-state index in [-0.39, 0.29) is 118 Å². The van der Waals surface area contributed by atoms with Crippen LogP contribution in [0.3, 0.4) is 0 Å². The van der Waals surface area contributed by atoms with Crippen molar-refractivity contribution >= 4 is 30.4 Å². The maximum atomic E-state index is 11.3. The second kappa shape index (κ2) is 25.5. The second-order valence-corrected chi connectivity index (χ2v) is 13.8. The normalized spacial score (nSPS) is 21.8. The summed E-state index contributed by atoms with van der Waals surface area (Å²) in [5.74, 6) is 0. The molecule has 0 spiro atoms. The van der Waals surface area contributed by atoms with Gasteiger partial charge in [-0.05, 0) is 0 Å². The number of hydrogen-bond donors (Lipinski definition) is 4. The maximum Gasteiger partial charge on any atom is 2.00 e. The van der Waals surface area contributed by atoms with E-state index in [2.05, 4.69) is 0 Å². The summed E-state index contributed by atoms with van der Waals surface area (Å²) in [5.41, 5.74) is 0. The first-order chi connectivity index (χ1) is 14.3. The van der Waals surface area contributed by atoms with Crippen LogP contribution in [-0.4, -0.2) is 117 Å². The topological polar surface area (TPSA) is 452 Å². The quantitative estimate of drug-likeness (QED) is 0.101. The predicted octanol–water partition coefficient (Wildman–Crippen LogP) is -10.3. The summed E-state index contributed by atoms with van der Waals surface area (Å²) >= 11 is 0. The first-order valence-corrected chi connectivity index (χ1v) is 16.4. The third-order valence-corrected chi connectivity index (χ3v) is 7.47. The van der Waals surface area contributed by atoms with Crippen LogP contribution in [0.5, 0.6) is 0 Å². The van der Waals surface area contributed by atoms with Crippen molar-refractivity contribution in [2.75, 3.05) is 77.5 Å². The largest absolute Gasteiger partial charge is 2.00 e. The minimum atomic E-state index is -4.76. The molecule has 28 heteroatoms. The second-order valence-electron chi connectivity index (χ2n) is 7.59. The molecule has 0 aliphatic carbocycles. The maximum absolute atomic E-state index is 11.3. The van der Waals surface area contributed by atoms with Crippen molar-refractivity contribution in [1.29, 1.82) is 0 Å². The van der Waals surface area contributed by atoms with Gasteiger partial charge in [0.15, 0.2) is 0 Å². The Bertz CT molecular complexity index is 653. The van der Waals surface area contributed by atoms with Gasteiger partial charge in [0.1, 0.15) is 30.4 Å². The monoisotopic (exact) mass is 774 g/mol. The van der Waals surface area contributed by atoms with Crippen LogP contribution in [-0.2, 0) is 84.1 Å². The molecule has 1 aliphatic rings. The fraction of sp³-hybridized carbons (Fsp3) is 1.00. The molecular weight excluding hydrogens is 729 g/mol. The van der Waals surface area contributed by atoms with Crippen molar-refractivity contribution in [3.8, 4) is 0 Å². The van der Waals surface area contributed by atoms with E-state index in [1.165, 1.54) is 19.6 Å². The fourth-order valence-corrected chi connectivity index (χ4v) is 6.31. The molecule has 0 amide bonds. The van der Waals surface area contributed by atoms with E-state index in [4.69, 9.17) is 0 Å². The third kappa shape index (κ3) is 33.7. The molecule has 22 nitrogen and oxygen atoms in total. The van der Waals surface area contributed by atoms with Gasteiger partial charge in [-0.15, -0.1) is 0 Å². The smallest absolute Gasteiger partial charge is 0.778 e. The van der Waals surface area contributed by atoms with Gasteiger partial charge in [0.25, 0.3) is 0 Å². The number of rotatable bonds is 8. The molecule has 256 valence electrons. The predicted molar refractivity (Wildman–Crippen MR) is 134 cm³/mol. The Kier molecular flexibility index (Phi) is 38.5. The van der Waals surface area contributed by atoms with Gasteiger partial charge in [-0.2, -0.15) is 0 Å². The molecular formula is C12H46N4Ni2O18P4+6. The van der Waals surface area contributed by atoms with Crippen LogP contribution in [0.4, 0.5) is 0 Å². The summed E-state index contributed by atoms with van der Waals surface area (Å²) in [5, 5.41) is 0. The Hall–Kier alpha value is 1.19. The van der Waals surface area contributed by atoms with Crippen LogP contribution in [0.1, 0.15) is 0 Å². The summed E-state index contributed by atoms with van der Waals surface area (Å²) in [6.07, 6.45) is -3.19. The summed E-state index contributed by atoms with van der Waals surface area (Å²) in [7, 11) is -19.0. The molecule has 40 heavy (non-hydrogen) atoms. The molecule has 4 unspecified atom stereocenters. The summed E-state index contributed by atoms with van der Waals surface area (Å²) in [6, 6.07) is 0. The SMILES string of the molecule is O=P([O-])(O)CN1CCN(CP(=O)([O-])O)CCN(CP(=O)([O-])O)CCN(CP(=O)([O-])O)CC1.[Ni+2].[Ni+2].[OH3+].[OH3+].[OH3+].[OH3+].[OH3+].[OH3+]. The van der Waals surface area contributed by atoms with Crippen molar-refractivity contribution < 1.29 is 123 Å². The van der Waals surface area contributed by atoms with Gasteiger partial charge in [0.05, 0.1) is 25.1 Å². The van der Waals surface area contributed by atoms with E-state index in [1.54, 1.807) is 0 Å². The van der Waals surface area contributed by atoms with Gasteiger partial charge in [0.2, 0.25) is 0 Å². The molecule has 4 atom stereocenters. The molecule has 1 aliphatic heterocycles. The van der Waals surface area contributed by atoms with Crippen LogP contribution < -0.4 is 19.6 Å². The third-order valence-electron chi connectivity index (χ3n) is 4.44. The van der Waals surface area contributed by atoms with Gasteiger partial charge in [-0.1, -0.05) is 0 Å². The molecule has 1 rings (SSSR count). The number of hydrogen-bond acceptors (Lipinski definition) is 12. The van der Waals surface area contributed by atoms with Gasteiger partial charge in [0, 0.05) is 52.4 Å². The average Bonchev–Trinajstić information content (AvgIpc) is 2.52. The van der Waals surface area contributed by atoms with Crippen LogP contribution in [0, 0.1) is 0 Å². The first-order valence-electron chi connectivity index (χ1n) is 9.32. The molecule has 1 fully saturated rings. The molecule has 1 saturated heterocycles. The van der Waals surface area contributed by atoms with E-state index >= 15 is 0 Å². The van der Waals surface area contributed by atoms with Gasteiger partial charge < -0.3 is 90.3 Å². The van der Waals surface area contributed by atoms with Gasteiger partial charge >= 0.3 is 33.0 Å².